The van der Waals surface area contributed by atoms with Crippen LogP contribution in [0, 0.1) is 5.92 Å². The maximum absolute atomic E-state index is 12.5. The molecule has 2 aliphatic heterocycles. The largest absolute Gasteiger partial charge is 0.338 e. The summed E-state index contributed by atoms with van der Waals surface area (Å²) in [6.45, 7) is 6.97. The number of benzene rings is 1. The molecular weight excluding hydrogens is 364 g/mol. The van der Waals surface area contributed by atoms with Crippen molar-refractivity contribution in [1.82, 2.24) is 25.1 Å². The molecule has 154 valence electrons. The van der Waals surface area contributed by atoms with Gasteiger partial charge >= 0.3 is 6.03 Å². The summed E-state index contributed by atoms with van der Waals surface area (Å²) in [7, 11) is 0. The van der Waals surface area contributed by atoms with Crippen LogP contribution in [0.1, 0.15) is 18.4 Å². The van der Waals surface area contributed by atoms with Crippen LogP contribution in [0.5, 0.6) is 0 Å². The number of nitrogens with one attached hydrogen (secondary N) is 1. The van der Waals surface area contributed by atoms with Crippen LogP contribution in [-0.4, -0.2) is 71.6 Å². The highest BCUT2D eigenvalue weighted by molar-refractivity contribution is 5.74. The first-order valence-electron chi connectivity index (χ1n) is 10.6. The Morgan fingerprint density at radius 3 is 2.31 bits per heavy atom. The van der Waals surface area contributed by atoms with Gasteiger partial charge in [-0.1, -0.05) is 30.3 Å². The van der Waals surface area contributed by atoms with E-state index in [2.05, 4.69) is 55.4 Å². The Morgan fingerprint density at radius 1 is 0.931 bits per heavy atom. The van der Waals surface area contributed by atoms with Crippen molar-refractivity contribution < 1.29 is 4.79 Å². The van der Waals surface area contributed by atoms with Crippen molar-refractivity contribution in [3.05, 3.63) is 54.4 Å². The standard InChI is InChI=1S/C22H30N6O/c29-22(28-15-13-27(14-16-28)21-23-9-4-10-24-21)25-17-19-7-11-26(12-8-19)18-20-5-2-1-3-6-20/h1-6,9-10,19H,7-8,11-18H2,(H,25,29). The molecule has 2 saturated heterocycles. The van der Waals surface area contributed by atoms with Gasteiger partial charge in [0.15, 0.2) is 0 Å². The van der Waals surface area contributed by atoms with Gasteiger partial charge in [-0.05, 0) is 43.5 Å². The van der Waals surface area contributed by atoms with Gasteiger partial charge in [-0.15, -0.1) is 0 Å². The van der Waals surface area contributed by atoms with Crippen molar-refractivity contribution in [2.45, 2.75) is 19.4 Å². The van der Waals surface area contributed by atoms with Crippen LogP contribution < -0.4 is 10.2 Å². The van der Waals surface area contributed by atoms with Crippen LogP contribution in [0.3, 0.4) is 0 Å². The fourth-order valence-electron chi connectivity index (χ4n) is 4.10. The Balaban J connectivity index is 1.15. The molecule has 0 unspecified atom stereocenters. The highest BCUT2D eigenvalue weighted by atomic mass is 16.2. The first-order chi connectivity index (χ1) is 14.3. The normalized spacial score (nSPS) is 18.6. The monoisotopic (exact) mass is 394 g/mol. The Morgan fingerprint density at radius 2 is 1.62 bits per heavy atom. The van der Waals surface area contributed by atoms with E-state index >= 15 is 0 Å². The van der Waals surface area contributed by atoms with Crippen LogP contribution in [0.25, 0.3) is 0 Å². The van der Waals surface area contributed by atoms with Gasteiger partial charge in [0.2, 0.25) is 5.95 Å². The molecule has 2 aromatic rings. The number of rotatable bonds is 5. The number of carbonyl (C=O) groups is 1. The van der Waals surface area contributed by atoms with Crippen LogP contribution in [-0.2, 0) is 6.54 Å². The Labute approximate surface area is 172 Å². The summed E-state index contributed by atoms with van der Waals surface area (Å²) in [5.41, 5.74) is 1.37. The van der Waals surface area contributed by atoms with Gasteiger partial charge in [-0.2, -0.15) is 0 Å². The number of carbonyl (C=O) groups excluding carboxylic acids is 1. The van der Waals surface area contributed by atoms with E-state index in [-0.39, 0.29) is 6.03 Å². The number of piperidine rings is 1. The number of urea groups is 1. The summed E-state index contributed by atoms with van der Waals surface area (Å²) in [4.78, 5) is 27.7. The fourth-order valence-corrected chi connectivity index (χ4v) is 4.10. The van der Waals surface area contributed by atoms with Crippen molar-refractivity contribution >= 4 is 12.0 Å². The average molecular weight is 395 g/mol. The molecule has 0 aliphatic carbocycles. The fraction of sp³-hybridized carbons (Fsp3) is 0.500. The third kappa shape index (κ3) is 5.44. The number of nitrogens with zero attached hydrogens (tertiary/aromatic N) is 5. The lowest BCUT2D eigenvalue weighted by Crippen LogP contribution is -2.53. The summed E-state index contributed by atoms with van der Waals surface area (Å²) in [5, 5.41) is 3.16. The van der Waals surface area contributed by atoms with Crippen molar-refractivity contribution in [1.29, 1.82) is 0 Å². The Kier molecular flexibility index (Phi) is 6.56. The quantitative estimate of drug-likeness (QED) is 0.842. The predicted octanol–water partition coefficient (Wildman–Crippen LogP) is 2.22. The van der Waals surface area contributed by atoms with E-state index in [4.69, 9.17) is 0 Å². The molecule has 7 heteroatoms. The van der Waals surface area contributed by atoms with E-state index in [1.165, 1.54) is 5.56 Å². The van der Waals surface area contributed by atoms with E-state index < -0.39 is 0 Å². The summed E-state index contributed by atoms with van der Waals surface area (Å²) in [6, 6.07) is 12.5. The number of amides is 2. The molecule has 3 heterocycles. The zero-order valence-electron chi connectivity index (χ0n) is 16.9. The third-order valence-electron chi connectivity index (χ3n) is 5.90. The summed E-state index contributed by atoms with van der Waals surface area (Å²) in [6.07, 6.45) is 5.80. The molecule has 0 saturated carbocycles. The number of anilines is 1. The minimum absolute atomic E-state index is 0.0605. The van der Waals surface area contributed by atoms with E-state index in [1.54, 1.807) is 12.4 Å². The Bertz CT molecular complexity index is 755. The minimum Gasteiger partial charge on any atom is -0.338 e. The lowest BCUT2D eigenvalue weighted by Gasteiger charge is -2.35. The lowest BCUT2D eigenvalue weighted by atomic mass is 9.96. The van der Waals surface area contributed by atoms with Gasteiger partial charge in [0.1, 0.15) is 0 Å². The number of piperazine rings is 1. The predicted molar refractivity (Wildman–Crippen MR) is 114 cm³/mol. The molecule has 7 nitrogen and oxygen atoms in total. The molecule has 1 aromatic carbocycles. The highest BCUT2D eigenvalue weighted by Crippen LogP contribution is 2.18. The van der Waals surface area contributed by atoms with Crippen LogP contribution in [0.2, 0.25) is 0 Å². The van der Waals surface area contributed by atoms with Crippen LogP contribution >= 0.6 is 0 Å². The van der Waals surface area contributed by atoms with Gasteiger partial charge in [0.25, 0.3) is 0 Å². The second-order valence-corrected chi connectivity index (χ2v) is 7.91. The number of hydrogen-bond acceptors (Lipinski definition) is 5. The zero-order chi connectivity index (χ0) is 19.9. The first-order valence-corrected chi connectivity index (χ1v) is 10.6. The molecule has 2 fully saturated rings. The van der Waals surface area contributed by atoms with Crippen molar-refractivity contribution in [3.8, 4) is 0 Å². The van der Waals surface area contributed by atoms with Crippen molar-refractivity contribution in [2.24, 2.45) is 5.92 Å². The maximum Gasteiger partial charge on any atom is 0.317 e. The number of likely N-dealkylation sites (tertiary alicyclic amines) is 1. The van der Waals surface area contributed by atoms with E-state index in [0.717, 1.165) is 58.1 Å². The summed E-state index contributed by atoms with van der Waals surface area (Å²) < 4.78 is 0. The zero-order valence-corrected chi connectivity index (χ0v) is 16.9. The second-order valence-electron chi connectivity index (χ2n) is 7.91. The molecule has 0 spiro atoms. The van der Waals surface area contributed by atoms with E-state index in [9.17, 15) is 4.79 Å². The van der Waals surface area contributed by atoms with Crippen molar-refractivity contribution in [2.75, 3.05) is 50.7 Å². The van der Waals surface area contributed by atoms with Crippen LogP contribution in [0.15, 0.2) is 48.8 Å². The highest BCUT2D eigenvalue weighted by Gasteiger charge is 2.24. The van der Waals surface area contributed by atoms with Crippen molar-refractivity contribution in [3.63, 3.8) is 0 Å². The van der Waals surface area contributed by atoms with Gasteiger partial charge in [-0.3, -0.25) is 4.90 Å². The van der Waals surface area contributed by atoms with Gasteiger partial charge < -0.3 is 15.1 Å². The van der Waals surface area contributed by atoms with Gasteiger partial charge in [-0.25, -0.2) is 14.8 Å². The van der Waals surface area contributed by atoms with Gasteiger partial charge in [0.05, 0.1) is 0 Å². The molecule has 0 bridgehead atoms. The first kappa shape index (κ1) is 19.6. The van der Waals surface area contributed by atoms with E-state index in [1.807, 2.05) is 11.0 Å². The lowest BCUT2D eigenvalue weighted by molar-refractivity contribution is 0.167. The summed E-state index contributed by atoms with van der Waals surface area (Å²) in [5.74, 6) is 1.32. The number of aromatic nitrogens is 2. The molecule has 2 aliphatic rings. The molecule has 0 atom stereocenters. The Hall–Kier alpha value is -2.67. The summed E-state index contributed by atoms with van der Waals surface area (Å²) >= 11 is 0. The molecule has 29 heavy (non-hydrogen) atoms. The van der Waals surface area contributed by atoms with Gasteiger partial charge in [0, 0.05) is 51.7 Å². The number of hydrogen-bond donors (Lipinski definition) is 1. The molecule has 2 amide bonds. The maximum atomic E-state index is 12.5. The van der Waals surface area contributed by atoms with Crippen LogP contribution in [0.4, 0.5) is 10.7 Å². The molecular formula is C22H30N6O. The minimum atomic E-state index is 0.0605. The topological polar surface area (TPSA) is 64.6 Å². The average Bonchev–Trinajstić information content (AvgIpc) is 2.80. The van der Waals surface area contributed by atoms with E-state index in [0.29, 0.717) is 19.0 Å². The second kappa shape index (κ2) is 9.69. The molecule has 1 N–H and O–H groups in total. The molecule has 1 aromatic heterocycles. The smallest absolute Gasteiger partial charge is 0.317 e. The molecule has 4 rings (SSSR count). The third-order valence-corrected chi connectivity index (χ3v) is 5.90. The molecule has 0 radical (unpaired) electrons. The SMILES string of the molecule is O=C(NCC1CCN(Cc2ccccc2)CC1)N1CCN(c2ncccn2)CC1.